The van der Waals surface area contributed by atoms with Crippen LogP contribution in [0.15, 0.2) is 30.3 Å². The molecule has 1 aromatic rings. The van der Waals surface area contributed by atoms with Crippen LogP contribution in [0.4, 0.5) is 0 Å². The summed E-state index contributed by atoms with van der Waals surface area (Å²) in [5, 5.41) is -0.185. The Balaban J connectivity index is 0. The summed E-state index contributed by atoms with van der Waals surface area (Å²) < 4.78 is 0. The third kappa shape index (κ3) is 2.88. The summed E-state index contributed by atoms with van der Waals surface area (Å²) in [4.78, 5) is 10.5. The smallest absolute Gasteiger partial charge is 1.00 e. The molecule has 0 aliphatic rings. The standard InChI is InChI=1S/C7H6OS.Na.H/c8-7(9)6-4-2-1-3-5-6;;/h1-5H,(H,8,9);;/q;+1;-1. The van der Waals surface area contributed by atoms with Crippen molar-refractivity contribution in [2.75, 3.05) is 0 Å². The second-order valence-electron chi connectivity index (χ2n) is 1.67. The molecule has 0 radical (unpaired) electrons. The van der Waals surface area contributed by atoms with Crippen LogP contribution in [0, 0.1) is 0 Å². The summed E-state index contributed by atoms with van der Waals surface area (Å²) in [6.45, 7) is 0. The van der Waals surface area contributed by atoms with Gasteiger partial charge in [0, 0.05) is 5.56 Å². The van der Waals surface area contributed by atoms with Gasteiger partial charge in [0.2, 0.25) is 5.12 Å². The number of carbonyl (C=O) groups excluding carboxylic acids is 1. The molecule has 0 bridgehead atoms. The number of hydrogen-bond donors (Lipinski definition) is 1. The Hall–Kier alpha value is 0.240. The maximum atomic E-state index is 10.5. The Bertz CT molecular complexity index is 215. The molecule has 0 spiro atoms. The van der Waals surface area contributed by atoms with Crippen LogP contribution in [0.3, 0.4) is 0 Å². The molecular formula is C7H7NaOS. The molecule has 0 aromatic heterocycles. The van der Waals surface area contributed by atoms with E-state index in [0.717, 1.165) is 0 Å². The molecule has 0 fully saturated rings. The zero-order chi connectivity index (χ0) is 6.69. The fourth-order valence-electron chi connectivity index (χ4n) is 0.581. The minimum atomic E-state index is -0.185. The van der Waals surface area contributed by atoms with Gasteiger partial charge < -0.3 is 1.43 Å². The summed E-state index contributed by atoms with van der Waals surface area (Å²) in [7, 11) is 0. The quantitative estimate of drug-likeness (QED) is 0.408. The summed E-state index contributed by atoms with van der Waals surface area (Å²) in [5.41, 5.74) is 0.640. The van der Waals surface area contributed by atoms with Crippen molar-refractivity contribution >= 4 is 17.7 Å². The van der Waals surface area contributed by atoms with E-state index in [4.69, 9.17) is 0 Å². The fourth-order valence-corrected chi connectivity index (χ4v) is 0.730. The predicted molar refractivity (Wildman–Crippen MR) is 40.9 cm³/mol. The van der Waals surface area contributed by atoms with Gasteiger partial charge in [-0.25, -0.2) is 0 Å². The fraction of sp³-hybridized carbons (Fsp3) is 0. The van der Waals surface area contributed by atoms with Gasteiger partial charge in [-0.1, -0.05) is 30.3 Å². The number of carbonyl (C=O) groups is 1. The van der Waals surface area contributed by atoms with Crippen LogP contribution < -0.4 is 29.6 Å². The SMILES string of the molecule is O=C(S)c1ccccc1.[H-].[Na+]. The minimum absolute atomic E-state index is 0. The monoisotopic (exact) mass is 162 g/mol. The first-order valence-corrected chi connectivity index (χ1v) is 3.04. The first-order valence-electron chi connectivity index (χ1n) is 2.59. The summed E-state index contributed by atoms with van der Waals surface area (Å²) in [5.74, 6) is 0. The van der Waals surface area contributed by atoms with Gasteiger partial charge in [0.25, 0.3) is 0 Å². The van der Waals surface area contributed by atoms with E-state index in [1.807, 2.05) is 18.2 Å². The molecule has 0 heterocycles. The average Bonchev–Trinajstić information content (AvgIpc) is 1.90. The van der Waals surface area contributed by atoms with Crippen molar-refractivity contribution in [3.05, 3.63) is 35.9 Å². The molecule has 1 nitrogen and oxygen atoms in total. The largest absolute Gasteiger partial charge is 1.00 e. The number of rotatable bonds is 1. The molecule has 48 valence electrons. The first kappa shape index (κ1) is 10.2. The van der Waals surface area contributed by atoms with E-state index >= 15 is 0 Å². The predicted octanol–water partition coefficient (Wildman–Crippen LogP) is -1.13. The van der Waals surface area contributed by atoms with Crippen LogP contribution in [0.1, 0.15) is 11.8 Å². The summed E-state index contributed by atoms with van der Waals surface area (Å²) >= 11 is 3.65. The Labute approximate surface area is 89.0 Å². The maximum absolute atomic E-state index is 10.5. The first-order chi connectivity index (χ1) is 4.30. The second-order valence-corrected chi connectivity index (χ2v) is 2.08. The van der Waals surface area contributed by atoms with Gasteiger partial charge in [0.1, 0.15) is 0 Å². The molecule has 0 saturated heterocycles. The van der Waals surface area contributed by atoms with Gasteiger partial charge in [0.05, 0.1) is 0 Å². The van der Waals surface area contributed by atoms with E-state index in [2.05, 4.69) is 12.6 Å². The zero-order valence-electron chi connectivity index (χ0n) is 6.74. The third-order valence-electron chi connectivity index (χ3n) is 1.02. The van der Waals surface area contributed by atoms with Gasteiger partial charge in [-0.15, -0.1) is 12.6 Å². The van der Waals surface area contributed by atoms with Crippen LogP contribution in [-0.4, -0.2) is 5.12 Å². The second kappa shape index (κ2) is 4.97. The van der Waals surface area contributed by atoms with Crippen molar-refractivity contribution < 1.29 is 35.8 Å². The molecule has 10 heavy (non-hydrogen) atoms. The Morgan fingerprint density at radius 3 is 2.10 bits per heavy atom. The Morgan fingerprint density at radius 2 is 1.80 bits per heavy atom. The topological polar surface area (TPSA) is 17.1 Å². The number of hydrogen-bond acceptors (Lipinski definition) is 1. The number of thiol groups is 1. The Kier molecular flexibility index (Phi) is 5.09. The van der Waals surface area contributed by atoms with Crippen molar-refractivity contribution in [3.8, 4) is 0 Å². The van der Waals surface area contributed by atoms with Crippen LogP contribution >= 0.6 is 12.6 Å². The van der Waals surface area contributed by atoms with Crippen LogP contribution in [-0.2, 0) is 0 Å². The normalized spacial score (nSPS) is 8.10. The molecule has 0 unspecified atom stereocenters. The third-order valence-corrected chi connectivity index (χ3v) is 1.28. The van der Waals surface area contributed by atoms with Crippen molar-refractivity contribution in [1.29, 1.82) is 0 Å². The van der Waals surface area contributed by atoms with Gasteiger partial charge >= 0.3 is 29.6 Å². The molecule has 0 atom stereocenters. The average molecular weight is 162 g/mol. The van der Waals surface area contributed by atoms with Crippen molar-refractivity contribution in [3.63, 3.8) is 0 Å². The van der Waals surface area contributed by atoms with E-state index in [0.29, 0.717) is 5.56 Å². The molecule has 0 saturated carbocycles. The maximum Gasteiger partial charge on any atom is 1.00 e. The van der Waals surface area contributed by atoms with Crippen LogP contribution in [0.25, 0.3) is 0 Å². The van der Waals surface area contributed by atoms with Crippen LogP contribution in [0.5, 0.6) is 0 Å². The molecule has 0 aliphatic heterocycles. The van der Waals surface area contributed by atoms with Gasteiger partial charge in [-0.2, -0.15) is 0 Å². The van der Waals surface area contributed by atoms with Gasteiger partial charge in [-0.3, -0.25) is 4.79 Å². The van der Waals surface area contributed by atoms with Crippen LogP contribution in [0.2, 0.25) is 0 Å². The van der Waals surface area contributed by atoms with E-state index in [1.54, 1.807) is 12.1 Å². The van der Waals surface area contributed by atoms with E-state index in [-0.39, 0.29) is 36.1 Å². The molecule has 1 rings (SSSR count). The minimum Gasteiger partial charge on any atom is -1.00 e. The van der Waals surface area contributed by atoms with Crippen molar-refractivity contribution in [2.24, 2.45) is 0 Å². The molecule has 3 heteroatoms. The number of benzene rings is 1. The van der Waals surface area contributed by atoms with E-state index < -0.39 is 0 Å². The van der Waals surface area contributed by atoms with Crippen molar-refractivity contribution in [2.45, 2.75) is 0 Å². The zero-order valence-corrected chi connectivity index (χ0v) is 8.64. The van der Waals surface area contributed by atoms with E-state index in [9.17, 15) is 4.79 Å². The molecule has 0 aliphatic carbocycles. The summed E-state index contributed by atoms with van der Waals surface area (Å²) in [6.07, 6.45) is 0. The molecular weight excluding hydrogens is 155 g/mol. The summed E-state index contributed by atoms with van der Waals surface area (Å²) in [6, 6.07) is 8.94. The Morgan fingerprint density at radius 1 is 1.30 bits per heavy atom. The molecule has 0 N–H and O–H groups in total. The van der Waals surface area contributed by atoms with Gasteiger partial charge in [0.15, 0.2) is 0 Å². The van der Waals surface area contributed by atoms with Crippen molar-refractivity contribution in [1.82, 2.24) is 0 Å². The molecule has 0 amide bonds. The van der Waals surface area contributed by atoms with E-state index in [1.165, 1.54) is 0 Å². The molecule has 1 aromatic carbocycles. The van der Waals surface area contributed by atoms with Gasteiger partial charge in [-0.05, 0) is 0 Å².